The van der Waals surface area contributed by atoms with E-state index in [1.807, 2.05) is 32.0 Å². The highest BCUT2D eigenvalue weighted by molar-refractivity contribution is 6.33. The molecule has 0 spiro atoms. The molecule has 4 fully saturated rings. The molecule has 3 N–H and O–H groups in total. The maximum atomic E-state index is 16.1. The van der Waals surface area contributed by atoms with Gasteiger partial charge in [0.05, 0.1) is 36.2 Å². The third-order valence-electron chi connectivity index (χ3n) is 13.4. The second-order valence-electron chi connectivity index (χ2n) is 17.9. The fraction of sp³-hybridized carbons (Fsp3) is 0.500. The van der Waals surface area contributed by atoms with E-state index in [-0.39, 0.29) is 84.9 Å². The molecule has 4 aromatic rings. The van der Waals surface area contributed by atoms with Gasteiger partial charge in [-0.1, -0.05) is 11.6 Å². The molecule has 65 heavy (non-hydrogen) atoms. The average Bonchev–Trinajstić information content (AvgIpc) is 3.61. The number of piperidine rings is 2. The lowest BCUT2D eigenvalue weighted by molar-refractivity contribution is -0.137. The minimum Gasteiger partial charge on any atom is -0.478 e. The van der Waals surface area contributed by atoms with Gasteiger partial charge in [-0.05, 0) is 89.3 Å². The zero-order chi connectivity index (χ0) is 45.7. The molecule has 344 valence electrons. The van der Waals surface area contributed by atoms with E-state index in [2.05, 4.69) is 42.6 Å². The molecule has 0 radical (unpaired) electrons. The number of nitrogens with one attached hydrogen (secondary N) is 3. The first-order valence-electron chi connectivity index (χ1n) is 22.5. The van der Waals surface area contributed by atoms with Crippen LogP contribution in [-0.4, -0.2) is 125 Å². The van der Waals surface area contributed by atoms with Gasteiger partial charge in [-0.25, -0.2) is 9.37 Å². The monoisotopic (exact) mass is 912 g/mol. The molecule has 9 rings (SSSR count). The third kappa shape index (κ3) is 8.82. The summed E-state index contributed by atoms with van der Waals surface area (Å²) < 4.78 is 30.0. The number of likely N-dealkylation sites (N-methyl/N-ethyl adjacent to an activating group) is 1. The Morgan fingerprint density at radius 3 is 2.51 bits per heavy atom. The molecule has 2 aromatic carbocycles. The Morgan fingerprint density at radius 2 is 1.78 bits per heavy atom. The summed E-state index contributed by atoms with van der Waals surface area (Å²) in [5.74, 6) is -0.913. The van der Waals surface area contributed by atoms with Gasteiger partial charge in [0.2, 0.25) is 17.8 Å². The van der Waals surface area contributed by atoms with Crippen molar-refractivity contribution < 1.29 is 33.0 Å². The summed E-state index contributed by atoms with van der Waals surface area (Å²) in [6, 6.07) is 10.1. The van der Waals surface area contributed by atoms with Crippen molar-refractivity contribution in [3.05, 3.63) is 74.9 Å². The Bertz CT molecular complexity index is 2600. The number of benzene rings is 2. The number of anilines is 4. The molecule has 0 bridgehead atoms. The molecule has 17 nitrogen and oxygen atoms in total. The number of carbonyl (C=O) groups is 4. The Balaban J connectivity index is 0.756. The fourth-order valence-electron chi connectivity index (χ4n) is 9.86. The lowest BCUT2D eigenvalue weighted by Gasteiger charge is -2.49. The zero-order valence-corrected chi connectivity index (χ0v) is 37.7. The molecule has 1 unspecified atom stereocenters. The van der Waals surface area contributed by atoms with E-state index in [0.29, 0.717) is 46.3 Å². The van der Waals surface area contributed by atoms with E-state index in [4.69, 9.17) is 26.1 Å². The number of aromatic nitrogens is 3. The lowest BCUT2D eigenvalue weighted by Crippen LogP contribution is -2.59. The average molecular weight is 913 g/mol. The van der Waals surface area contributed by atoms with E-state index >= 15 is 4.39 Å². The number of hydrogen-bond acceptors (Lipinski definition) is 13. The topological polar surface area (TPSA) is 184 Å². The summed E-state index contributed by atoms with van der Waals surface area (Å²) in [5, 5.41) is 9.22. The van der Waals surface area contributed by atoms with Crippen LogP contribution in [0.1, 0.15) is 81.3 Å². The number of halogens is 2. The molecular weight excluding hydrogens is 859 g/mol. The standard InChI is InChI=1S/C46H54ClFN10O7/c1-25(2)58-35-7-5-28(17-27(35)18-38(45(58)63)64-24-40(60)49-4)51-42-34(47)21-50-46(53-42)54-13-11-30(12-14-54)65-31-19-29(20-31)55-15-16-56(26(3)22-55)36-8-6-32-33(41(36)48)23-57(44(32)62)37-9-10-39(59)52-43(37)61/h5-8,17-18,21,25-26,29-31,37H,9-16,19-20,22-24H2,1-4H3,(H,49,60)(H,50,51,53)(H,52,59,61)/t26-,29?,31?,37?/m0/s1. The Labute approximate surface area is 380 Å². The van der Waals surface area contributed by atoms with Crippen LogP contribution in [0.15, 0.2) is 47.4 Å². The Hall–Kier alpha value is -5.85. The number of nitrogens with zero attached hydrogens (tertiary/aromatic N) is 7. The molecule has 3 saturated heterocycles. The van der Waals surface area contributed by atoms with Crippen LogP contribution in [-0.2, 0) is 25.7 Å². The number of pyridine rings is 1. The Morgan fingerprint density at radius 1 is 1.00 bits per heavy atom. The van der Waals surface area contributed by atoms with Gasteiger partial charge >= 0.3 is 0 Å². The van der Waals surface area contributed by atoms with Gasteiger partial charge in [-0.15, -0.1) is 0 Å². The van der Waals surface area contributed by atoms with Crippen molar-refractivity contribution in [3.8, 4) is 5.75 Å². The van der Waals surface area contributed by atoms with Gasteiger partial charge in [0.15, 0.2) is 24.0 Å². The van der Waals surface area contributed by atoms with Crippen LogP contribution in [0.4, 0.5) is 27.5 Å². The van der Waals surface area contributed by atoms with Crippen LogP contribution in [0.25, 0.3) is 10.9 Å². The zero-order valence-electron chi connectivity index (χ0n) is 36.9. The molecular formula is C46H54ClFN10O7. The van der Waals surface area contributed by atoms with Gasteiger partial charge in [0, 0.05) is 86.5 Å². The van der Waals surface area contributed by atoms with E-state index in [1.54, 1.807) is 29.0 Å². The molecule has 1 saturated carbocycles. The summed E-state index contributed by atoms with van der Waals surface area (Å²) in [5.41, 5.74) is 2.16. The maximum absolute atomic E-state index is 16.1. The quantitative estimate of drug-likeness (QED) is 0.169. The van der Waals surface area contributed by atoms with E-state index in [9.17, 15) is 24.0 Å². The van der Waals surface area contributed by atoms with Crippen molar-refractivity contribution >= 4 is 69.3 Å². The predicted octanol–water partition coefficient (Wildman–Crippen LogP) is 4.52. The van der Waals surface area contributed by atoms with Crippen LogP contribution < -0.4 is 36.0 Å². The van der Waals surface area contributed by atoms with Crippen molar-refractivity contribution in [1.82, 2.24) is 35.0 Å². The summed E-state index contributed by atoms with van der Waals surface area (Å²) in [7, 11) is 1.51. The van der Waals surface area contributed by atoms with Gasteiger partial charge in [0.1, 0.15) is 11.1 Å². The van der Waals surface area contributed by atoms with Gasteiger partial charge in [0.25, 0.3) is 17.4 Å². The van der Waals surface area contributed by atoms with Crippen LogP contribution in [0, 0.1) is 5.82 Å². The van der Waals surface area contributed by atoms with Crippen LogP contribution in [0.5, 0.6) is 5.75 Å². The van der Waals surface area contributed by atoms with Crippen LogP contribution in [0.3, 0.4) is 0 Å². The van der Waals surface area contributed by atoms with Crippen LogP contribution in [0.2, 0.25) is 5.02 Å². The number of fused-ring (bicyclic) bond motifs is 2. The van der Waals surface area contributed by atoms with Crippen molar-refractivity contribution in [2.24, 2.45) is 0 Å². The van der Waals surface area contributed by atoms with Crippen molar-refractivity contribution in [3.63, 3.8) is 0 Å². The number of imide groups is 1. The number of ether oxygens (including phenoxy) is 2. The number of piperazine rings is 1. The molecule has 6 heterocycles. The highest BCUT2D eigenvalue weighted by atomic mass is 35.5. The summed E-state index contributed by atoms with van der Waals surface area (Å²) in [4.78, 5) is 79.9. The molecule has 19 heteroatoms. The fourth-order valence-corrected chi connectivity index (χ4v) is 10.0. The lowest BCUT2D eigenvalue weighted by atomic mass is 9.86. The summed E-state index contributed by atoms with van der Waals surface area (Å²) in [6.45, 7) is 9.33. The predicted molar refractivity (Wildman–Crippen MR) is 242 cm³/mol. The normalized spacial score (nSPS) is 22.9. The smallest absolute Gasteiger partial charge is 0.293 e. The summed E-state index contributed by atoms with van der Waals surface area (Å²) >= 11 is 6.60. The van der Waals surface area contributed by atoms with Crippen molar-refractivity contribution in [2.75, 3.05) is 61.5 Å². The van der Waals surface area contributed by atoms with Crippen molar-refractivity contribution in [1.29, 1.82) is 0 Å². The highest BCUT2D eigenvalue weighted by Crippen LogP contribution is 2.38. The molecule has 4 amide bonds. The third-order valence-corrected chi connectivity index (χ3v) is 13.7. The first-order chi connectivity index (χ1) is 31.3. The largest absolute Gasteiger partial charge is 0.478 e. The minimum atomic E-state index is -0.788. The number of carbonyl (C=O) groups excluding carboxylic acids is 4. The van der Waals surface area contributed by atoms with E-state index in [0.717, 1.165) is 62.8 Å². The summed E-state index contributed by atoms with van der Waals surface area (Å²) in [6.07, 6.45) is 5.85. The number of rotatable bonds is 12. The second kappa shape index (κ2) is 18.2. The van der Waals surface area contributed by atoms with E-state index < -0.39 is 17.8 Å². The Kier molecular flexibility index (Phi) is 12.4. The highest BCUT2D eigenvalue weighted by Gasteiger charge is 2.43. The molecule has 1 aliphatic carbocycles. The number of amides is 4. The molecule has 2 atom stereocenters. The SMILES string of the molecule is CNC(=O)COc1cc2cc(Nc3nc(N4CCC(OC5CC(N6CCN(c7ccc8c(c7F)CN(C7CCC(=O)NC7=O)C8=O)[C@@H](C)C6)C5)CC4)ncc3Cl)ccc2n(C(C)C)c1=O. The van der Waals surface area contributed by atoms with Gasteiger partial charge in [-0.2, -0.15) is 4.98 Å². The minimum absolute atomic E-state index is 0.00571. The molecule has 5 aliphatic rings. The van der Waals surface area contributed by atoms with Crippen molar-refractivity contribution in [2.45, 2.75) is 102 Å². The van der Waals surface area contributed by atoms with Gasteiger partial charge < -0.3 is 39.4 Å². The number of hydrogen-bond donors (Lipinski definition) is 3. The maximum Gasteiger partial charge on any atom is 0.293 e. The van der Waals surface area contributed by atoms with Gasteiger partial charge in [-0.3, -0.25) is 34.2 Å². The first kappa shape index (κ1) is 44.4. The molecule has 4 aliphatic heterocycles. The molecule has 2 aromatic heterocycles. The second-order valence-corrected chi connectivity index (χ2v) is 18.3. The van der Waals surface area contributed by atoms with Crippen LogP contribution >= 0.6 is 11.6 Å². The van der Waals surface area contributed by atoms with E-state index in [1.165, 1.54) is 11.9 Å². The first-order valence-corrected chi connectivity index (χ1v) is 22.8.